The van der Waals surface area contributed by atoms with Crippen LogP contribution in [-0.2, 0) is 10.2 Å². The Kier molecular flexibility index (Phi) is 4.35. The van der Waals surface area contributed by atoms with E-state index in [0.29, 0.717) is 12.0 Å². The van der Waals surface area contributed by atoms with Crippen molar-refractivity contribution in [2.45, 2.75) is 38.1 Å². The summed E-state index contributed by atoms with van der Waals surface area (Å²) in [4.78, 5) is 23.4. The first-order valence-corrected chi connectivity index (χ1v) is 10.3. The zero-order valence-electron chi connectivity index (χ0n) is 17.5. The largest absolute Gasteiger partial charge is 0.325 e. The highest BCUT2D eigenvalue weighted by Gasteiger charge is 2.43. The molecule has 4 heterocycles. The van der Waals surface area contributed by atoms with Crippen molar-refractivity contribution in [3.63, 3.8) is 0 Å². The number of amides is 1. The molecule has 4 aliphatic heterocycles. The van der Waals surface area contributed by atoms with Gasteiger partial charge in [0.2, 0.25) is 5.91 Å². The standard InChI is InChI=1S/C21H26N8O/c1-21(2)16-7-6-14(11-17(16)24-19(21)30)23-20-25-18-12-22-8-10-29(18,27-20)26-15-5-4-9-28(3)13-15/h6-8,10-12,15,26H,4-5,9,13H2,1-3H3,(H-,23,24,27,30)/p+1. The number of rotatable bonds is 3. The monoisotopic (exact) mass is 407 g/mol. The first-order chi connectivity index (χ1) is 14.4. The summed E-state index contributed by atoms with van der Waals surface area (Å²) in [6.45, 7) is 5.95. The smallest absolute Gasteiger partial charge is 0.301 e. The molecule has 1 aromatic carbocycles. The molecule has 0 bridgehead atoms. The lowest BCUT2D eigenvalue weighted by molar-refractivity contribution is -0.843. The van der Waals surface area contributed by atoms with Crippen molar-refractivity contribution in [2.75, 3.05) is 30.8 Å². The topological polar surface area (TPSA) is 93.5 Å². The minimum Gasteiger partial charge on any atom is -0.325 e. The van der Waals surface area contributed by atoms with Crippen molar-refractivity contribution in [1.29, 1.82) is 0 Å². The quantitative estimate of drug-likeness (QED) is 0.668. The van der Waals surface area contributed by atoms with Crippen LogP contribution in [0.4, 0.5) is 11.4 Å². The molecule has 4 aliphatic rings. The number of hydrogen-bond acceptors (Lipinski definition) is 7. The number of benzene rings is 1. The maximum atomic E-state index is 12.2. The van der Waals surface area contributed by atoms with Crippen LogP contribution in [0.1, 0.15) is 32.3 Å². The second-order valence-corrected chi connectivity index (χ2v) is 8.85. The Morgan fingerprint density at radius 1 is 1.33 bits per heavy atom. The SMILES string of the molecule is CN1CCCC(N[N+]23C=CN=CC2=NC(Nc2ccc4c(c2)NC(=O)C4(C)C)=N3)C1. The van der Waals surface area contributed by atoms with Crippen LogP contribution in [0, 0.1) is 0 Å². The number of aliphatic imine (C=N–C) groups is 2. The molecule has 0 aromatic heterocycles. The zero-order chi connectivity index (χ0) is 20.9. The lowest BCUT2D eigenvalue weighted by Gasteiger charge is -2.34. The maximum Gasteiger partial charge on any atom is 0.301 e. The van der Waals surface area contributed by atoms with E-state index in [1.54, 1.807) is 12.4 Å². The molecule has 2 atom stereocenters. The molecule has 30 heavy (non-hydrogen) atoms. The Balaban J connectivity index is 1.39. The molecule has 9 heteroatoms. The Hall–Kier alpha value is -2.88. The molecule has 0 saturated carbocycles. The number of fused-ring (bicyclic) bond motifs is 2. The number of carbonyl (C=O) groups excluding carboxylic acids is 1. The fourth-order valence-electron chi connectivity index (χ4n) is 4.42. The van der Waals surface area contributed by atoms with Crippen LogP contribution < -0.4 is 16.1 Å². The molecule has 0 radical (unpaired) electrons. The highest BCUT2D eigenvalue weighted by molar-refractivity contribution is 6.30. The highest BCUT2D eigenvalue weighted by atomic mass is 16.2. The normalized spacial score (nSPS) is 29.2. The number of likely N-dealkylation sites (tertiary alicyclic amines) is 1. The van der Waals surface area contributed by atoms with Gasteiger partial charge in [0.1, 0.15) is 6.21 Å². The predicted octanol–water partition coefficient (Wildman–Crippen LogP) is 1.98. The van der Waals surface area contributed by atoms with Crippen molar-refractivity contribution in [3.05, 3.63) is 36.2 Å². The fraction of sp³-hybridized carbons (Fsp3) is 0.429. The van der Waals surface area contributed by atoms with E-state index in [2.05, 4.69) is 38.0 Å². The number of nitrogens with one attached hydrogen (secondary N) is 3. The summed E-state index contributed by atoms with van der Waals surface area (Å²) in [6.07, 6.45) is 7.65. The molecule has 3 N–H and O–H groups in total. The van der Waals surface area contributed by atoms with E-state index in [9.17, 15) is 4.79 Å². The van der Waals surface area contributed by atoms with Crippen LogP contribution in [0.25, 0.3) is 0 Å². The molecule has 156 valence electrons. The predicted molar refractivity (Wildman–Crippen MR) is 118 cm³/mol. The first kappa shape index (κ1) is 19.1. The third-order valence-electron chi connectivity index (χ3n) is 6.15. The van der Waals surface area contributed by atoms with Crippen LogP contribution in [0.15, 0.2) is 45.7 Å². The van der Waals surface area contributed by atoms with Gasteiger partial charge in [-0.2, -0.15) is 0 Å². The maximum absolute atomic E-state index is 12.2. The van der Waals surface area contributed by atoms with Gasteiger partial charge in [0.05, 0.1) is 17.7 Å². The molecular formula is C21H27N8O+. The number of anilines is 2. The van der Waals surface area contributed by atoms with Crippen LogP contribution in [-0.4, -0.2) is 59.7 Å². The van der Waals surface area contributed by atoms with Crippen LogP contribution in [0.3, 0.4) is 0 Å². The summed E-state index contributed by atoms with van der Waals surface area (Å²) >= 11 is 0. The van der Waals surface area contributed by atoms with E-state index < -0.39 is 5.41 Å². The van der Waals surface area contributed by atoms with E-state index in [4.69, 9.17) is 5.10 Å². The number of quaternary nitrogens is 1. The Bertz CT molecular complexity index is 1020. The number of likely N-dealkylation sites (N-methyl/N-ethyl adjacent to an activating group) is 1. The lowest BCUT2D eigenvalue weighted by atomic mass is 9.86. The van der Waals surface area contributed by atoms with Crippen molar-refractivity contribution < 1.29 is 9.50 Å². The number of guanidine groups is 1. The molecule has 2 unspecified atom stereocenters. The molecule has 1 saturated heterocycles. The number of carbonyl (C=O) groups is 1. The first-order valence-electron chi connectivity index (χ1n) is 10.3. The summed E-state index contributed by atoms with van der Waals surface area (Å²) in [7, 11) is 2.14. The van der Waals surface area contributed by atoms with Gasteiger partial charge in [0.25, 0.3) is 5.96 Å². The summed E-state index contributed by atoms with van der Waals surface area (Å²) in [6, 6.07) is 6.18. The molecule has 5 rings (SSSR count). The zero-order valence-corrected chi connectivity index (χ0v) is 17.5. The van der Waals surface area contributed by atoms with Gasteiger partial charge in [0, 0.05) is 17.9 Å². The average Bonchev–Trinajstić information content (AvgIpc) is 3.15. The number of amidine groups is 1. The minimum atomic E-state index is -0.521. The molecule has 1 aromatic rings. The number of piperidine rings is 1. The van der Waals surface area contributed by atoms with Crippen molar-refractivity contribution in [1.82, 2.24) is 10.3 Å². The lowest BCUT2D eigenvalue weighted by Crippen LogP contribution is -2.60. The van der Waals surface area contributed by atoms with Crippen LogP contribution in [0.2, 0.25) is 0 Å². The van der Waals surface area contributed by atoms with Crippen molar-refractivity contribution in [3.8, 4) is 0 Å². The Morgan fingerprint density at radius 3 is 3.03 bits per heavy atom. The number of nitrogens with zero attached hydrogens (tertiary/aromatic N) is 5. The van der Waals surface area contributed by atoms with Gasteiger partial charge in [-0.1, -0.05) is 6.07 Å². The third-order valence-corrected chi connectivity index (χ3v) is 6.15. The average molecular weight is 408 g/mol. The second-order valence-electron chi connectivity index (χ2n) is 8.85. The van der Waals surface area contributed by atoms with Gasteiger partial charge in [-0.15, -0.1) is 10.4 Å². The van der Waals surface area contributed by atoms with E-state index >= 15 is 0 Å². The Morgan fingerprint density at radius 2 is 2.20 bits per heavy atom. The van der Waals surface area contributed by atoms with Gasteiger partial charge >= 0.3 is 5.84 Å². The minimum absolute atomic E-state index is 0.0118. The van der Waals surface area contributed by atoms with E-state index in [0.717, 1.165) is 48.7 Å². The van der Waals surface area contributed by atoms with Crippen LogP contribution >= 0.6 is 0 Å². The van der Waals surface area contributed by atoms with Gasteiger partial charge in [0.15, 0.2) is 6.20 Å². The summed E-state index contributed by atoms with van der Waals surface area (Å²) in [5, 5.41) is 11.1. The molecule has 9 nitrogen and oxygen atoms in total. The molecule has 1 amide bonds. The summed E-state index contributed by atoms with van der Waals surface area (Å²) in [5.74, 6) is 1.24. The van der Waals surface area contributed by atoms with E-state index in [1.165, 1.54) is 0 Å². The van der Waals surface area contributed by atoms with Gasteiger partial charge in [-0.3, -0.25) is 9.79 Å². The molecular weight excluding hydrogens is 380 g/mol. The fourth-order valence-corrected chi connectivity index (χ4v) is 4.42. The summed E-state index contributed by atoms with van der Waals surface area (Å²) < 4.78 is 0.110. The molecule has 0 aliphatic carbocycles. The van der Waals surface area contributed by atoms with Crippen molar-refractivity contribution in [2.24, 2.45) is 15.1 Å². The molecule has 1 fully saturated rings. The van der Waals surface area contributed by atoms with E-state index in [1.807, 2.05) is 38.2 Å². The second kappa shape index (κ2) is 6.83. The van der Waals surface area contributed by atoms with Crippen molar-refractivity contribution >= 4 is 35.3 Å². The third kappa shape index (κ3) is 3.15. The van der Waals surface area contributed by atoms with E-state index in [-0.39, 0.29) is 10.6 Å². The molecule has 0 spiro atoms. The Labute approximate surface area is 175 Å². The van der Waals surface area contributed by atoms with Gasteiger partial charge in [-0.05, 0) is 67.8 Å². The van der Waals surface area contributed by atoms with Gasteiger partial charge in [-0.25, -0.2) is 0 Å². The van der Waals surface area contributed by atoms with Gasteiger partial charge < -0.3 is 15.5 Å². The summed E-state index contributed by atoms with van der Waals surface area (Å²) in [5.41, 5.74) is 5.77. The highest BCUT2D eigenvalue weighted by Crippen LogP contribution is 2.38. The number of hydrogen-bond donors (Lipinski definition) is 3. The van der Waals surface area contributed by atoms with Crippen LogP contribution in [0.5, 0.6) is 0 Å².